The van der Waals surface area contributed by atoms with Crippen molar-refractivity contribution in [1.29, 1.82) is 0 Å². The van der Waals surface area contributed by atoms with Crippen molar-refractivity contribution >= 4 is 11.9 Å². The highest BCUT2D eigenvalue weighted by atomic mass is 16.4. The average molecular weight is 446 g/mol. The summed E-state index contributed by atoms with van der Waals surface area (Å²) in [5.41, 5.74) is 1.09. The van der Waals surface area contributed by atoms with Gasteiger partial charge in [0.25, 0.3) is 0 Å². The van der Waals surface area contributed by atoms with Gasteiger partial charge < -0.3 is 10.4 Å². The van der Waals surface area contributed by atoms with Gasteiger partial charge in [0, 0.05) is 6.42 Å². The van der Waals surface area contributed by atoms with Crippen molar-refractivity contribution in [2.45, 2.75) is 129 Å². The third-order valence-corrected chi connectivity index (χ3v) is 6.21. The molecular weight excluding hydrogens is 398 g/mol. The Bertz CT molecular complexity index is 588. The van der Waals surface area contributed by atoms with Crippen molar-refractivity contribution in [2.24, 2.45) is 0 Å². The molecule has 0 fully saturated rings. The molecule has 0 aliphatic heterocycles. The largest absolute Gasteiger partial charge is 0.480 e. The van der Waals surface area contributed by atoms with Gasteiger partial charge in [0.05, 0.1) is 0 Å². The summed E-state index contributed by atoms with van der Waals surface area (Å²) in [5, 5.41) is 12.1. The molecule has 1 atom stereocenters. The molecule has 0 aliphatic carbocycles. The van der Waals surface area contributed by atoms with Crippen molar-refractivity contribution in [3.63, 3.8) is 0 Å². The van der Waals surface area contributed by atoms with E-state index < -0.39 is 12.0 Å². The molecule has 1 aromatic rings. The predicted octanol–water partition coefficient (Wildman–Crippen LogP) is 7.45. The van der Waals surface area contributed by atoms with E-state index in [9.17, 15) is 14.7 Å². The molecule has 4 nitrogen and oxygen atoms in total. The highest BCUT2D eigenvalue weighted by Crippen LogP contribution is 2.14. The third-order valence-electron chi connectivity index (χ3n) is 6.21. The molecule has 1 amide bonds. The summed E-state index contributed by atoms with van der Waals surface area (Å²) >= 11 is 0. The first kappa shape index (κ1) is 28.2. The molecule has 0 radical (unpaired) electrons. The fraction of sp³-hybridized carbons (Fsp3) is 0.714. The maximum atomic E-state index is 12.1. The van der Waals surface area contributed by atoms with Crippen molar-refractivity contribution in [2.75, 3.05) is 0 Å². The van der Waals surface area contributed by atoms with Gasteiger partial charge >= 0.3 is 5.97 Å². The van der Waals surface area contributed by atoms with E-state index in [1.807, 2.05) is 30.3 Å². The molecule has 0 bridgehead atoms. The van der Waals surface area contributed by atoms with Crippen LogP contribution in [0.4, 0.5) is 0 Å². The molecule has 1 aromatic carbocycles. The first-order valence-electron chi connectivity index (χ1n) is 13.2. The maximum absolute atomic E-state index is 12.1. The molecule has 1 rings (SSSR count). The number of carboxylic acid groups (broad SMARTS) is 1. The number of aliphatic carboxylic acids is 1. The number of carboxylic acids is 1. The minimum atomic E-state index is -0.953. The first-order valence-corrected chi connectivity index (χ1v) is 13.2. The van der Waals surface area contributed by atoms with E-state index in [1.54, 1.807) is 0 Å². The van der Waals surface area contributed by atoms with Gasteiger partial charge in [0.15, 0.2) is 0 Å². The fourth-order valence-corrected chi connectivity index (χ4v) is 4.14. The lowest BCUT2D eigenvalue weighted by atomic mass is 10.0. The lowest BCUT2D eigenvalue weighted by Gasteiger charge is -2.14. The van der Waals surface area contributed by atoms with Crippen molar-refractivity contribution < 1.29 is 14.7 Å². The van der Waals surface area contributed by atoms with E-state index in [2.05, 4.69) is 12.2 Å². The van der Waals surface area contributed by atoms with Gasteiger partial charge in [-0.05, 0) is 24.8 Å². The summed E-state index contributed by atoms with van der Waals surface area (Å²) in [6, 6.07) is 8.99. The molecule has 0 spiro atoms. The van der Waals surface area contributed by atoms with Crippen LogP contribution in [-0.4, -0.2) is 23.0 Å². The standard InChI is InChI=1S/C28H47NO3/c1-2-3-4-5-6-7-8-9-10-11-12-13-14-15-19-22-27(30)29-26(28(31)32)24-23-25-20-17-16-18-21-25/h16-18,20-21,26H,2-15,19,22-24H2,1H3,(H,29,30)(H,31,32). The van der Waals surface area contributed by atoms with Gasteiger partial charge in [0.1, 0.15) is 6.04 Å². The van der Waals surface area contributed by atoms with E-state index in [1.165, 1.54) is 83.5 Å². The second-order valence-corrected chi connectivity index (χ2v) is 9.18. The molecule has 1 unspecified atom stereocenters. The lowest BCUT2D eigenvalue weighted by Crippen LogP contribution is -2.41. The molecule has 0 aliphatic rings. The zero-order valence-electron chi connectivity index (χ0n) is 20.5. The van der Waals surface area contributed by atoms with Crippen molar-refractivity contribution in [3.05, 3.63) is 35.9 Å². The fourth-order valence-electron chi connectivity index (χ4n) is 4.14. The molecule has 0 aromatic heterocycles. The molecule has 182 valence electrons. The van der Waals surface area contributed by atoms with Crippen molar-refractivity contribution in [1.82, 2.24) is 5.32 Å². The SMILES string of the molecule is CCCCCCCCCCCCCCCCCC(=O)NC(CCc1ccccc1)C(=O)O. The number of nitrogens with one attached hydrogen (secondary N) is 1. The monoisotopic (exact) mass is 445 g/mol. The number of carbonyl (C=O) groups is 2. The Morgan fingerprint density at radius 2 is 1.22 bits per heavy atom. The number of aryl methyl sites for hydroxylation is 1. The molecule has 4 heteroatoms. The Morgan fingerprint density at radius 3 is 1.69 bits per heavy atom. The summed E-state index contributed by atoms with van der Waals surface area (Å²) in [5.74, 6) is -1.09. The summed E-state index contributed by atoms with van der Waals surface area (Å²) < 4.78 is 0. The Hall–Kier alpha value is -1.84. The number of amides is 1. The van der Waals surface area contributed by atoms with E-state index in [0.29, 0.717) is 19.3 Å². The number of hydrogen-bond acceptors (Lipinski definition) is 2. The van der Waals surface area contributed by atoms with Crippen LogP contribution in [-0.2, 0) is 16.0 Å². The number of hydrogen-bond donors (Lipinski definition) is 2. The van der Waals surface area contributed by atoms with E-state index in [4.69, 9.17) is 0 Å². The Labute approximate surface area is 196 Å². The van der Waals surface area contributed by atoms with E-state index >= 15 is 0 Å². The van der Waals surface area contributed by atoms with Crippen LogP contribution in [0.15, 0.2) is 30.3 Å². The normalized spacial score (nSPS) is 11.9. The van der Waals surface area contributed by atoms with Gasteiger partial charge in [-0.15, -0.1) is 0 Å². The zero-order valence-corrected chi connectivity index (χ0v) is 20.5. The van der Waals surface area contributed by atoms with Gasteiger partial charge in [-0.25, -0.2) is 4.79 Å². The summed E-state index contributed by atoms with van der Waals surface area (Å²) in [4.78, 5) is 23.6. The van der Waals surface area contributed by atoms with Gasteiger partial charge in [-0.2, -0.15) is 0 Å². The summed E-state index contributed by atoms with van der Waals surface area (Å²) in [6.07, 6.45) is 20.9. The van der Waals surface area contributed by atoms with Crippen LogP contribution in [0, 0.1) is 0 Å². The quantitative estimate of drug-likeness (QED) is 0.193. The average Bonchev–Trinajstić information content (AvgIpc) is 2.79. The predicted molar refractivity (Wildman–Crippen MR) is 134 cm³/mol. The van der Waals surface area contributed by atoms with Gasteiger partial charge in [-0.3, -0.25) is 4.79 Å². The Kier molecular flexibility index (Phi) is 17.5. The minimum Gasteiger partial charge on any atom is -0.480 e. The summed E-state index contributed by atoms with van der Waals surface area (Å²) in [6.45, 7) is 2.27. The second-order valence-electron chi connectivity index (χ2n) is 9.18. The van der Waals surface area contributed by atoms with E-state index in [0.717, 1.165) is 18.4 Å². The van der Waals surface area contributed by atoms with Crippen LogP contribution < -0.4 is 5.32 Å². The topological polar surface area (TPSA) is 66.4 Å². The molecule has 32 heavy (non-hydrogen) atoms. The number of rotatable bonds is 21. The van der Waals surface area contributed by atoms with Crippen molar-refractivity contribution in [3.8, 4) is 0 Å². The molecule has 2 N–H and O–H groups in total. The smallest absolute Gasteiger partial charge is 0.326 e. The molecule has 0 saturated carbocycles. The lowest BCUT2D eigenvalue weighted by molar-refractivity contribution is -0.142. The number of carbonyl (C=O) groups excluding carboxylic acids is 1. The van der Waals surface area contributed by atoms with Crippen LogP contribution in [0.3, 0.4) is 0 Å². The van der Waals surface area contributed by atoms with Crippen LogP contribution in [0.2, 0.25) is 0 Å². The van der Waals surface area contributed by atoms with Crippen LogP contribution in [0.25, 0.3) is 0 Å². The van der Waals surface area contributed by atoms with Gasteiger partial charge in [0.2, 0.25) is 5.91 Å². The van der Waals surface area contributed by atoms with Crippen LogP contribution in [0.1, 0.15) is 122 Å². The first-order chi connectivity index (χ1) is 15.6. The molecule has 0 heterocycles. The number of unbranched alkanes of at least 4 members (excludes halogenated alkanes) is 14. The second kappa shape index (κ2) is 19.8. The molecular formula is C28H47NO3. The molecule has 0 saturated heterocycles. The van der Waals surface area contributed by atoms with Crippen LogP contribution >= 0.6 is 0 Å². The maximum Gasteiger partial charge on any atom is 0.326 e. The number of benzene rings is 1. The highest BCUT2D eigenvalue weighted by molar-refractivity contribution is 5.83. The third kappa shape index (κ3) is 15.9. The zero-order chi connectivity index (χ0) is 23.3. The summed E-state index contributed by atoms with van der Waals surface area (Å²) in [7, 11) is 0. The van der Waals surface area contributed by atoms with Gasteiger partial charge in [-0.1, -0.05) is 127 Å². The van der Waals surface area contributed by atoms with E-state index in [-0.39, 0.29) is 5.91 Å². The minimum absolute atomic E-state index is 0.139. The highest BCUT2D eigenvalue weighted by Gasteiger charge is 2.19. The van der Waals surface area contributed by atoms with Crippen LogP contribution in [0.5, 0.6) is 0 Å². The Morgan fingerprint density at radius 1 is 0.750 bits per heavy atom. The Balaban J connectivity index is 1.95.